The van der Waals surface area contributed by atoms with E-state index in [0.29, 0.717) is 16.1 Å². The van der Waals surface area contributed by atoms with E-state index in [9.17, 15) is 0 Å². The van der Waals surface area contributed by atoms with E-state index in [2.05, 4.69) is 25.2 Å². The molecule has 0 aliphatic rings. The molecule has 0 aliphatic carbocycles. The molecule has 96 valence electrons. The molecular formula is C13H19Cl2NS. The Kier molecular flexibility index (Phi) is 7.36. The average molecular weight is 292 g/mol. The molecule has 0 heterocycles. The monoisotopic (exact) mass is 291 g/mol. The highest BCUT2D eigenvalue weighted by molar-refractivity contribution is 7.99. The first kappa shape index (κ1) is 15.2. The zero-order valence-electron chi connectivity index (χ0n) is 10.3. The molecule has 0 saturated heterocycles. The van der Waals surface area contributed by atoms with Crippen molar-refractivity contribution >= 4 is 35.0 Å². The summed E-state index contributed by atoms with van der Waals surface area (Å²) < 4.78 is 0. The summed E-state index contributed by atoms with van der Waals surface area (Å²) in [4.78, 5) is 0. The third kappa shape index (κ3) is 5.09. The summed E-state index contributed by atoms with van der Waals surface area (Å²) >= 11 is 13.9. The number of hydrogen-bond donors (Lipinski definition) is 1. The second-order valence-electron chi connectivity index (χ2n) is 3.84. The fourth-order valence-corrected chi connectivity index (χ4v) is 2.64. The third-order valence-electron chi connectivity index (χ3n) is 2.48. The lowest BCUT2D eigenvalue weighted by Crippen LogP contribution is -2.24. The van der Waals surface area contributed by atoms with Crippen molar-refractivity contribution in [2.24, 2.45) is 0 Å². The first-order valence-electron chi connectivity index (χ1n) is 5.95. The number of nitrogens with one attached hydrogen (secondary N) is 1. The summed E-state index contributed by atoms with van der Waals surface area (Å²) in [5.74, 6) is 2.19. The number of benzene rings is 1. The van der Waals surface area contributed by atoms with Crippen LogP contribution < -0.4 is 5.32 Å². The van der Waals surface area contributed by atoms with Gasteiger partial charge in [-0.15, -0.1) is 0 Å². The van der Waals surface area contributed by atoms with Gasteiger partial charge in [-0.3, -0.25) is 0 Å². The van der Waals surface area contributed by atoms with Crippen LogP contribution in [0.25, 0.3) is 0 Å². The lowest BCUT2D eigenvalue weighted by Gasteiger charge is -2.19. The fourth-order valence-electron chi connectivity index (χ4n) is 1.56. The van der Waals surface area contributed by atoms with Crippen LogP contribution in [-0.2, 0) is 0 Å². The molecule has 1 nitrogen and oxygen atoms in total. The molecule has 1 atom stereocenters. The lowest BCUT2D eigenvalue weighted by molar-refractivity contribution is 0.577. The highest BCUT2D eigenvalue weighted by Gasteiger charge is 2.11. The van der Waals surface area contributed by atoms with Crippen molar-refractivity contribution in [3.63, 3.8) is 0 Å². The maximum absolute atomic E-state index is 6.06. The molecule has 0 bridgehead atoms. The molecule has 1 unspecified atom stereocenters. The van der Waals surface area contributed by atoms with Crippen molar-refractivity contribution in [3.05, 3.63) is 33.8 Å². The van der Waals surface area contributed by atoms with Gasteiger partial charge in [0.2, 0.25) is 0 Å². The topological polar surface area (TPSA) is 12.0 Å². The molecule has 0 aliphatic heterocycles. The van der Waals surface area contributed by atoms with Crippen LogP contribution in [0.3, 0.4) is 0 Å². The normalized spacial score (nSPS) is 12.7. The van der Waals surface area contributed by atoms with Gasteiger partial charge in [0.25, 0.3) is 0 Å². The Hall–Kier alpha value is 0.110. The molecule has 1 N–H and O–H groups in total. The molecule has 0 saturated carbocycles. The predicted octanol–water partition coefficient (Wildman–Crippen LogP) is 4.79. The van der Waals surface area contributed by atoms with Crippen LogP contribution in [0.1, 0.15) is 31.9 Å². The number of thioether (sulfide) groups is 1. The highest BCUT2D eigenvalue weighted by Crippen LogP contribution is 2.27. The first-order valence-corrected chi connectivity index (χ1v) is 7.86. The molecule has 17 heavy (non-hydrogen) atoms. The van der Waals surface area contributed by atoms with Crippen molar-refractivity contribution in [1.29, 1.82) is 0 Å². The maximum atomic E-state index is 6.06. The lowest BCUT2D eigenvalue weighted by atomic mass is 10.1. The van der Waals surface area contributed by atoms with Gasteiger partial charge in [-0.05, 0) is 36.4 Å². The third-order valence-corrected chi connectivity index (χ3v) is 4.19. The zero-order chi connectivity index (χ0) is 12.7. The van der Waals surface area contributed by atoms with Gasteiger partial charge < -0.3 is 5.32 Å². The van der Waals surface area contributed by atoms with E-state index in [1.54, 1.807) is 0 Å². The molecule has 4 heteroatoms. The van der Waals surface area contributed by atoms with E-state index >= 15 is 0 Å². The van der Waals surface area contributed by atoms with Gasteiger partial charge in [0.05, 0.1) is 10.0 Å². The van der Waals surface area contributed by atoms with Crippen molar-refractivity contribution in [3.8, 4) is 0 Å². The minimum atomic E-state index is 0.356. The Morgan fingerprint density at radius 2 is 2.00 bits per heavy atom. The van der Waals surface area contributed by atoms with E-state index < -0.39 is 0 Å². The van der Waals surface area contributed by atoms with E-state index in [0.717, 1.165) is 24.5 Å². The van der Waals surface area contributed by atoms with Crippen molar-refractivity contribution in [2.75, 3.05) is 18.1 Å². The summed E-state index contributed by atoms with van der Waals surface area (Å²) in [6.45, 7) is 5.37. The molecular weight excluding hydrogens is 273 g/mol. The molecule has 0 spiro atoms. The summed E-state index contributed by atoms with van der Waals surface area (Å²) in [5, 5.41) is 4.80. The van der Waals surface area contributed by atoms with Crippen molar-refractivity contribution in [2.45, 2.75) is 26.3 Å². The first-order chi connectivity index (χ1) is 8.19. The van der Waals surface area contributed by atoms with Gasteiger partial charge in [-0.2, -0.15) is 11.8 Å². The molecule has 0 aromatic heterocycles. The smallest absolute Gasteiger partial charge is 0.0595 e. The van der Waals surface area contributed by atoms with Crippen LogP contribution in [0.2, 0.25) is 10.0 Å². The van der Waals surface area contributed by atoms with Crippen LogP contribution in [0.15, 0.2) is 18.2 Å². The summed E-state index contributed by atoms with van der Waals surface area (Å²) in [6, 6.07) is 6.25. The van der Waals surface area contributed by atoms with Crippen LogP contribution in [0.4, 0.5) is 0 Å². The molecule has 0 amide bonds. The van der Waals surface area contributed by atoms with E-state index in [1.807, 2.05) is 23.9 Å². The number of rotatable bonds is 7. The van der Waals surface area contributed by atoms with Crippen molar-refractivity contribution in [1.82, 2.24) is 5.32 Å². The molecule has 1 aromatic rings. The van der Waals surface area contributed by atoms with Gasteiger partial charge in [-0.25, -0.2) is 0 Å². The Balaban J connectivity index is 2.75. The quantitative estimate of drug-likeness (QED) is 0.775. The van der Waals surface area contributed by atoms with Crippen LogP contribution >= 0.6 is 35.0 Å². The minimum absolute atomic E-state index is 0.356. The van der Waals surface area contributed by atoms with Crippen molar-refractivity contribution < 1.29 is 0 Å². The van der Waals surface area contributed by atoms with Gasteiger partial charge >= 0.3 is 0 Å². The molecule has 1 rings (SSSR count). The standard InChI is InChI=1S/C13H19Cl2NS/c1-3-7-16-13(9-17-4-2)10-5-6-11(14)12(15)8-10/h5-6,8,13,16H,3-4,7,9H2,1-2H3. The molecule has 1 aromatic carbocycles. The fraction of sp³-hybridized carbons (Fsp3) is 0.538. The molecule has 0 fully saturated rings. The number of halogens is 2. The average Bonchev–Trinajstić information content (AvgIpc) is 2.33. The summed E-state index contributed by atoms with van der Waals surface area (Å²) in [6.07, 6.45) is 1.13. The second kappa shape index (κ2) is 8.25. The van der Waals surface area contributed by atoms with Crippen LogP contribution in [-0.4, -0.2) is 18.1 Å². The zero-order valence-corrected chi connectivity index (χ0v) is 12.6. The SMILES string of the molecule is CCCNC(CSCC)c1ccc(Cl)c(Cl)c1. The van der Waals surface area contributed by atoms with Gasteiger partial charge in [0.1, 0.15) is 0 Å². The van der Waals surface area contributed by atoms with Gasteiger partial charge in [0, 0.05) is 11.8 Å². The van der Waals surface area contributed by atoms with Crippen LogP contribution in [0.5, 0.6) is 0 Å². The highest BCUT2D eigenvalue weighted by atomic mass is 35.5. The van der Waals surface area contributed by atoms with E-state index in [-0.39, 0.29) is 0 Å². The summed E-state index contributed by atoms with van der Waals surface area (Å²) in [7, 11) is 0. The van der Waals surface area contributed by atoms with E-state index in [1.165, 1.54) is 5.56 Å². The van der Waals surface area contributed by atoms with Gasteiger partial charge in [-0.1, -0.05) is 43.1 Å². The number of hydrogen-bond acceptors (Lipinski definition) is 2. The Labute approximate surface area is 118 Å². The summed E-state index contributed by atoms with van der Waals surface area (Å²) in [5.41, 5.74) is 1.22. The minimum Gasteiger partial charge on any atom is -0.309 e. The maximum Gasteiger partial charge on any atom is 0.0595 e. The van der Waals surface area contributed by atoms with Gasteiger partial charge in [0.15, 0.2) is 0 Å². The predicted molar refractivity (Wildman–Crippen MR) is 80.5 cm³/mol. The van der Waals surface area contributed by atoms with E-state index in [4.69, 9.17) is 23.2 Å². The largest absolute Gasteiger partial charge is 0.309 e. The Morgan fingerprint density at radius 3 is 2.59 bits per heavy atom. The Bertz CT molecular complexity index is 336. The second-order valence-corrected chi connectivity index (χ2v) is 5.97. The van der Waals surface area contributed by atoms with Crippen LogP contribution in [0, 0.1) is 0 Å². The Morgan fingerprint density at radius 1 is 1.24 bits per heavy atom. The molecule has 0 radical (unpaired) electrons.